The van der Waals surface area contributed by atoms with Gasteiger partial charge in [-0.15, -0.1) is 0 Å². The molecule has 0 fully saturated rings. The van der Waals surface area contributed by atoms with E-state index < -0.39 is 12.1 Å². The van der Waals surface area contributed by atoms with Crippen LogP contribution in [-0.4, -0.2) is 34.9 Å². The van der Waals surface area contributed by atoms with Crippen LogP contribution in [0.5, 0.6) is 0 Å². The number of allylic oxidation sites excluding steroid dienone is 5. The molecular weight excluding hydrogens is 879 g/mol. The standard InChI is InChI=1S/C68H131NO3/c1-3-5-7-9-11-13-15-17-19-21-23-25-26-27-28-29-30-31-32-33-34-35-36-37-38-39-40-41-42-44-46-48-50-52-54-56-58-60-62-64-68(72)69-66(65-70)67(71)63-61-59-57-55-53-51-49-47-45-43-24-22-20-18-16-14-12-10-8-6-4-2/h33-34,53,55,61,63,66-67,70-71H,3-32,35-52,54,56-60,62,64-65H2,1-2H3,(H,69,72)/b34-33-,55-53+,63-61+. The van der Waals surface area contributed by atoms with Crippen LogP contribution in [0, 0.1) is 0 Å². The van der Waals surface area contributed by atoms with Crippen LogP contribution in [0.4, 0.5) is 0 Å². The number of amides is 1. The third-order valence-corrected chi connectivity index (χ3v) is 15.6. The van der Waals surface area contributed by atoms with E-state index in [2.05, 4.69) is 43.5 Å². The van der Waals surface area contributed by atoms with Gasteiger partial charge in [0, 0.05) is 6.42 Å². The third-order valence-electron chi connectivity index (χ3n) is 15.6. The molecule has 0 heterocycles. The second-order valence-corrected chi connectivity index (χ2v) is 22.9. The average molecular weight is 1010 g/mol. The Kier molecular flexibility index (Phi) is 62.7. The van der Waals surface area contributed by atoms with Crippen molar-refractivity contribution in [2.45, 2.75) is 386 Å². The van der Waals surface area contributed by atoms with E-state index in [0.717, 1.165) is 32.1 Å². The van der Waals surface area contributed by atoms with Gasteiger partial charge in [-0.25, -0.2) is 0 Å². The van der Waals surface area contributed by atoms with Gasteiger partial charge in [0.25, 0.3) is 0 Å². The zero-order chi connectivity index (χ0) is 52.0. The molecule has 0 aromatic rings. The second-order valence-electron chi connectivity index (χ2n) is 22.9. The SMILES string of the molecule is CCCCCCCCCCCCCCCCC/C=C/CC/C=C/C(O)C(CO)NC(=O)CCCCCCCCCCCCCCCCCCC/C=C\CCCCCCCCCCCCCCCCCCCC. The van der Waals surface area contributed by atoms with Gasteiger partial charge in [0.15, 0.2) is 0 Å². The largest absolute Gasteiger partial charge is 0.394 e. The van der Waals surface area contributed by atoms with Crippen LogP contribution >= 0.6 is 0 Å². The summed E-state index contributed by atoms with van der Waals surface area (Å²) in [6.45, 7) is 4.34. The van der Waals surface area contributed by atoms with E-state index in [0.29, 0.717) is 6.42 Å². The van der Waals surface area contributed by atoms with Crippen LogP contribution in [0.15, 0.2) is 36.5 Å². The molecule has 426 valence electrons. The van der Waals surface area contributed by atoms with Crippen molar-refractivity contribution >= 4 is 5.91 Å². The van der Waals surface area contributed by atoms with Crippen molar-refractivity contribution in [1.29, 1.82) is 0 Å². The number of rotatable bonds is 62. The van der Waals surface area contributed by atoms with E-state index >= 15 is 0 Å². The van der Waals surface area contributed by atoms with E-state index in [4.69, 9.17) is 0 Å². The van der Waals surface area contributed by atoms with Gasteiger partial charge >= 0.3 is 0 Å². The molecule has 0 aliphatic rings. The number of carbonyl (C=O) groups excluding carboxylic acids is 1. The van der Waals surface area contributed by atoms with Crippen LogP contribution in [0.2, 0.25) is 0 Å². The molecule has 3 N–H and O–H groups in total. The summed E-state index contributed by atoms with van der Waals surface area (Å²) >= 11 is 0. The first-order chi connectivity index (χ1) is 35.7. The van der Waals surface area contributed by atoms with Crippen LogP contribution in [-0.2, 0) is 4.79 Å². The summed E-state index contributed by atoms with van der Waals surface area (Å²) in [6.07, 6.45) is 88.0. The van der Waals surface area contributed by atoms with Crippen molar-refractivity contribution in [2.24, 2.45) is 0 Å². The molecule has 0 bridgehead atoms. The number of unbranched alkanes of at least 4 members (excludes halogenated alkanes) is 51. The highest BCUT2D eigenvalue weighted by atomic mass is 16.3. The lowest BCUT2D eigenvalue weighted by atomic mass is 10.0. The molecule has 0 aromatic heterocycles. The molecule has 1 amide bonds. The van der Waals surface area contributed by atoms with Crippen LogP contribution in [0.25, 0.3) is 0 Å². The van der Waals surface area contributed by atoms with Crippen molar-refractivity contribution < 1.29 is 15.0 Å². The quantitative estimate of drug-likeness (QED) is 0.0420. The van der Waals surface area contributed by atoms with Crippen molar-refractivity contribution in [1.82, 2.24) is 5.32 Å². The number of carbonyl (C=O) groups is 1. The molecule has 4 nitrogen and oxygen atoms in total. The fraction of sp³-hybridized carbons (Fsp3) is 0.897. The van der Waals surface area contributed by atoms with E-state index in [1.54, 1.807) is 6.08 Å². The average Bonchev–Trinajstić information content (AvgIpc) is 3.39. The first kappa shape index (κ1) is 70.6. The Labute approximate surface area is 452 Å². The molecule has 0 saturated carbocycles. The smallest absolute Gasteiger partial charge is 0.220 e. The second kappa shape index (κ2) is 63.9. The fourth-order valence-electron chi connectivity index (χ4n) is 10.5. The summed E-state index contributed by atoms with van der Waals surface area (Å²) in [5.74, 6) is -0.0672. The number of hydrogen-bond acceptors (Lipinski definition) is 3. The Morgan fingerprint density at radius 1 is 0.319 bits per heavy atom. The molecule has 0 aromatic carbocycles. The Bertz CT molecular complexity index is 1100. The highest BCUT2D eigenvalue weighted by Crippen LogP contribution is 2.18. The topological polar surface area (TPSA) is 69.6 Å². The molecule has 4 heteroatoms. The van der Waals surface area contributed by atoms with Gasteiger partial charge in [0.2, 0.25) is 5.91 Å². The van der Waals surface area contributed by atoms with Crippen molar-refractivity contribution in [3.05, 3.63) is 36.5 Å². The minimum absolute atomic E-state index is 0.0672. The normalized spacial score (nSPS) is 12.9. The number of nitrogens with one attached hydrogen (secondary N) is 1. The molecule has 0 aliphatic carbocycles. The molecule has 0 saturated heterocycles. The van der Waals surface area contributed by atoms with Gasteiger partial charge in [0.05, 0.1) is 18.8 Å². The number of aliphatic hydroxyl groups is 2. The Morgan fingerprint density at radius 3 is 0.806 bits per heavy atom. The lowest BCUT2D eigenvalue weighted by Crippen LogP contribution is -2.45. The van der Waals surface area contributed by atoms with Gasteiger partial charge < -0.3 is 15.5 Å². The summed E-state index contributed by atoms with van der Waals surface area (Å²) in [6, 6.07) is -0.639. The highest BCUT2D eigenvalue weighted by Gasteiger charge is 2.18. The van der Waals surface area contributed by atoms with E-state index in [-0.39, 0.29) is 12.5 Å². The number of hydrogen-bond donors (Lipinski definition) is 3. The van der Waals surface area contributed by atoms with Crippen LogP contribution < -0.4 is 5.32 Å². The number of aliphatic hydroxyl groups excluding tert-OH is 2. The minimum Gasteiger partial charge on any atom is -0.394 e. The first-order valence-corrected chi connectivity index (χ1v) is 33.2. The molecule has 0 aliphatic heterocycles. The van der Waals surface area contributed by atoms with E-state index in [9.17, 15) is 15.0 Å². The maximum Gasteiger partial charge on any atom is 0.220 e. The molecule has 2 atom stereocenters. The zero-order valence-electron chi connectivity index (χ0n) is 49.2. The monoisotopic (exact) mass is 1010 g/mol. The van der Waals surface area contributed by atoms with Gasteiger partial charge in [-0.2, -0.15) is 0 Å². The Hall–Kier alpha value is -1.39. The molecule has 0 rings (SSSR count). The zero-order valence-corrected chi connectivity index (χ0v) is 49.2. The lowest BCUT2D eigenvalue weighted by molar-refractivity contribution is -0.123. The lowest BCUT2D eigenvalue weighted by Gasteiger charge is -2.19. The third kappa shape index (κ3) is 59.5. The van der Waals surface area contributed by atoms with Crippen LogP contribution in [0.1, 0.15) is 373 Å². The van der Waals surface area contributed by atoms with Gasteiger partial charge in [-0.1, -0.05) is 346 Å². The molecular formula is C68H131NO3. The predicted molar refractivity (Wildman–Crippen MR) is 322 cm³/mol. The maximum absolute atomic E-state index is 12.5. The maximum atomic E-state index is 12.5. The van der Waals surface area contributed by atoms with Gasteiger partial charge in [-0.3, -0.25) is 4.79 Å². The van der Waals surface area contributed by atoms with Crippen molar-refractivity contribution in [2.75, 3.05) is 6.61 Å². The summed E-state index contributed by atoms with van der Waals surface area (Å²) in [7, 11) is 0. The molecule has 2 unspecified atom stereocenters. The highest BCUT2D eigenvalue weighted by molar-refractivity contribution is 5.76. The van der Waals surface area contributed by atoms with Crippen LogP contribution in [0.3, 0.4) is 0 Å². The molecule has 0 radical (unpaired) electrons. The Balaban J connectivity index is 3.42. The molecule has 72 heavy (non-hydrogen) atoms. The summed E-state index contributed by atoms with van der Waals surface area (Å²) in [4.78, 5) is 12.5. The van der Waals surface area contributed by atoms with Crippen molar-refractivity contribution in [3.8, 4) is 0 Å². The molecule has 0 spiro atoms. The van der Waals surface area contributed by atoms with E-state index in [1.165, 1.54) is 321 Å². The Morgan fingerprint density at radius 2 is 0.542 bits per heavy atom. The van der Waals surface area contributed by atoms with Crippen molar-refractivity contribution in [3.63, 3.8) is 0 Å². The van der Waals surface area contributed by atoms with Gasteiger partial charge in [0.1, 0.15) is 0 Å². The first-order valence-electron chi connectivity index (χ1n) is 33.2. The minimum atomic E-state index is -0.862. The van der Waals surface area contributed by atoms with E-state index in [1.807, 2.05) is 6.08 Å². The fourth-order valence-corrected chi connectivity index (χ4v) is 10.5. The summed E-state index contributed by atoms with van der Waals surface area (Å²) < 4.78 is 0. The predicted octanol–water partition coefficient (Wildman–Crippen LogP) is 22.4. The van der Waals surface area contributed by atoms with Gasteiger partial charge in [-0.05, 0) is 57.8 Å². The summed E-state index contributed by atoms with van der Waals surface area (Å²) in [5.41, 5.74) is 0. The summed E-state index contributed by atoms with van der Waals surface area (Å²) in [5, 5.41) is 23.2.